The van der Waals surface area contributed by atoms with Crippen LogP contribution < -0.4 is 10.5 Å². The van der Waals surface area contributed by atoms with Gasteiger partial charge in [-0.15, -0.1) is 0 Å². The molecule has 6 heteroatoms. The highest BCUT2D eigenvalue weighted by Gasteiger charge is 2.34. The molecule has 0 radical (unpaired) electrons. The van der Waals surface area contributed by atoms with Gasteiger partial charge in [-0.05, 0) is 25.0 Å². The fraction of sp³-hybridized carbons (Fsp3) is 0.429. The van der Waals surface area contributed by atoms with Gasteiger partial charge in [0.05, 0.1) is 12.8 Å². The van der Waals surface area contributed by atoms with Crippen molar-refractivity contribution in [2.24, 2.45) is 0 Å². The minimum absolute atomic E-state index is 0.137. The number of anilines is 1. The summed E-state index contributed by atoms with van der Waals surface area (Å²) in [5.74, 6) is -0.147. The quantitative estimate of drug-likeness (QED) is 0.651. The molecule has 2 rings (SSSR count). The minimum Gasteiger partial charge on any atom is -0.482 e. The normalized spacial score (nSPS) is 17.9. The van der Waals surface area contributed by atoms with E-state index in [0.717, 1.165) is 6.42 Å². The number of esters is 1. The molecule has 0 spiro atoms. The topological polar surface area (TPSA) is 81.9 Å². The van der Waals surface area contributed by atoms with E-state index in [4.69, 9.17) is 15.2 Å². The van der Waals surface area contributed by atoms with Crippen molar-refractivity contribution in [3.63, 3.8) is 0 Å². The Labute approximate surface area is 117 Å². The van der Waals surface area contributed by atoms with E-state index in [1.807, 2.05) is 0 Å². The number of ether oxygens (including phenoxy) is 2. The van der Waals surface area contributed by atoms with E-state index in [-0.39, 0.29) is 18.5 Å². The molecule has 1 fully saturated rings. The molecule has 1 amide bonds. The molecule has 1 aromatic carbocycles. The number of nitrogens with zero attached hydrogens (tertiary/aromatic N) is 1. The van der Waals surface area contributed by atoms with Crippen molar-refractivity contribution >= 4 is 17.6 Å². The van der Waals surface area contributed by atoms with Crippen molar-refractivity contribution in [3.8, 4) is 5.75 Å². The smallest absolute Gasteiger partial charge is 0.328 e. The summed E-state index contributed by atoms with van der Waals surface area (Å²) in [6.07, 6.45) is 1.42. The van der Waals surface area contributed by atoms with E-state index >= 15 is 0 Å². The van der Waals surface area contributed by atoms with Crippen molar-refractivity contribution < 1.29 is 19.1 Å². The van der Waals surface area contributed by atoms with Gasteiger partial charge in [-0.25, -0.2) is 4.79 Å². The van der Waals surface area contributed by atoms with Crippen LogP contribution in [-0.4, -0.2) is 43.1 Å². The number of methoxy groups -OCH3 is 1. The third-order valence-electron chi connectivity index (χ3n) is 3.32. The van der Waals surface area contributed by atoms with Gasteiger partial charge in [0.1, 0.15) is 11.8 Å². The first kappa shape index (κ1) is 14.2. The van der Waals surface area contributed by atoms with E-state index in [1.165, 1.54) is 12.0 Å². The van der Waals surface area contributed by atoms with Gasteiger partial charge < -0.3 is 20.1 Å². The number of amides is 1. The summed E-state index contributed by atoms with van der Waals surface area (Å²) in [5, 5.41) is 0. The molecule has 0 bridgehead atoms. The Bertz CT molecular complexity index is 504. The van der Waals surface area contributed by atoms with Crippen molar-refractivity contribution in [1.82, 2.24) is 4.90 Å². The molecule has 1 saturated heterocycles. The van der Waals surface area contributed by atoms with Crippen molar-refractivity contribution in [3.05, 3.63) is 24.3 Å². The maximum atomic E-state index is 12.1. The van der Waals surface area contributed by atoms with E-state index < -0.39 is 6.04 Å². The number of para-hydroxylation sites is 2. The average Bonchev–Trinajstić information content (AvgIpc) is 2.94. The van der Waals surface area contributed by atoms with E-state index in [2.05, 4.69) is 0 Å². The lowest BCUT2D eigenvalue weighted by molar-refractivity contribution is -0.151. The van der Waals surface area contributed by atoms with Gasteiger partial charge in [-0.1, -0.05) is 12.1 Å². The Morgan fingerprint density at radius 1 is 1.40 bits per heavy atom. The predicted octanol–water partition coefficient (Wildman–Crippen LogP) is 0.812. The Hall–Kier alpha value is -2.24. The molecule has 0 aliphatic carbocycles. The summed E-state index contributed by atoms with van der Waals surface area (Å²) >= 11 is 0. The van der Waals surface area contributed by atoms with Gasteiger partial charge in [0.2, 0.25) is 0 Å². The molecule has 1 aliphatic rings. The zero-order valence-corrected chi connectivity index (χ0v) is 11.4. The van der Waals surface area contributed by atoms with E-state index in [0.29, 0.717) is 24.4 Å². The number of benzene rings is 1. The van der Waals surface area contributed by atoms with Gasteiger partial charge in [-0.2, -0.15) is 0 Å². The fourth-order valence-electron chi connectivity index (χ4n) is 2.28. The summed E-state index contributed by atoms with van der Waals surface area (Å²) < 4.78 is 10.1. The first-order valence-electron chi connectivity index (χ1n) is 6.48. The van der Waals surface area contributed by atoms with Crippen molar-refractivity contribution in [1.29, 1.82) is 0 Å². The van der Waals surface area contributed by atoms with Crippen LogP contribution in [-0.2, 0) is 14.3 Å². The number of hydrogen-bond acceptors (Lipinski definition) is 5. The van der Waals surface area contributed by atoms with Crippen LogP contribution in [0.4, 0.5) is 5.69 Å². The van der Waals surface area contributed by atoms with Gasteiger partial charge in [0.25, 0.3) is 5.91 Å². The monoisotopic (exact) mass is 278 g/mol. The third-order valence-corrected chi connectivity index (χ3v) is 3.32. The van der Waals surface area contributed by atoms with E-state index in [9.17, 15) is 9.59 Å². The first-order valence-corrected chi connectivity index (χ1v) is 6.48. The second-order valence-electron chi connectivity index (χ2n) is 4.59. The summed E-state index contributed by atoms with van der Waals surface area (Å²) in [6, 6.07) is 6.47. The predicted molar refractivity (Wildman–Crippen MR) is 73.1 cm³/mol. The van der Waals surface area contributed by atoms with Gasteiger partial charge in [0, 0.05) is 6.54 Å². The molecule has 1 unspecified atom stereocenters. The van der Waals surface area contributed by atoms with Crippen LogP contribution in [0.15, 0.2) is 24.3 Å². The molecular formula is C14H18N2O4. The number of nitrogens with two attached hydrogens (primary N) is 1. The standard InChI is InChI=1S/C14H18N2O4/c1-19-14(18)11-6-4-8-16(11)13(17)9-20-12-7-3-2-5-10(12)15/h2-3,5,7,11H,4,6,8-9,15H2,1H3. The molecule has 1 heterocycles. The minimum atomic E-state index is -0.496. The highest BCUT2D eigenvalue weighted by molar-refractivity contribution is 5.86. The number of carbonyl (C=O) groups is 2. The van der Waals surface area contributed by atoms with Gasteiger partial charge in [-0.3, -0.25) is 4.79 Å². The maximum absolute atomic E-state index is 12.1. The van der Waals surface area contributed by atoms with Crippen LogP contribution in [0.2, 0.25) is 0 Å². The molecule has 1 atom stereocenters. The summed E-state index contributed by atoms with van der Waals surface area (Å²) in [7, 11) is 1.32. The Balaban J connectivity index is 1.95. The molecule has 6 nitrogen and oxygen atoms in total. The van der Waals surface area contributed by atoms with Gasteiger partial charge >= 0.3 is 5.97 Å². The summed E-state index contributed by atoms with van der Waals surface area (Å²) in [4.78, 5) is 25.2. The summed E-state index contributed by atoms with van der Waals surface area (Å²) in [6.45, 7) is 0.411. The molecule has 1 aliphatic heterocycles. The van der Waals surface area contributed by atoms with Crippen LogP contribution in [0.1, 0.15) is 12.8 Å². The van der Waals surface area contributed by atoms with Crippen LogP contribution in [0.3, 0.4) is 0 Å². The van der Waals surface area contributed by atoms with Crippen LogP contribution in [0.25, 0.3) is 0 Å². The Kier molecular flexibility index (Phi) is 4.45. The molecular weight excluding hydrogens is 260 g/mol. The highest BCUT2D eigenvalue weighted by atomic mass is 16.5. The maximum Gasteiger partial charge on any atom is 0.328 e. The molecule has 2 N–H and O–H groups in total. The highest BCUT2D eigenvalue weighted by Crippen LogP contribution is 2.21. The SMILES string of the molecule is COC(=O)C1CCCN1C(=O)COc1ccccc1N. The Morgan fingerprint density at radius 2 is 2.15 bits per heavy atom. The zero-order valence-electron chi connectivity index (χ0n) is 11.4. The average molecular weight is 278 g/mol. The van der Waals surface area contributed by atoms with Crippen LogP contribution in [0, 0.1) is 0 Å². The molecule has 0 saturated carbocycles. The Morgan fingerprint density at radius 3 is 2.85 bits per heavy atom. The molecule has 108 valence electrons. The fourth-order valence-corrected chi connectivity index (χ4v) is 2.28. The third kappa shape index (κ3) is 3.01. The second-order valence-corrected chi connectivity index (χ2v) is 4.59. The van der Waals surface area contributed by atoms with Crippen molar-refractivity contribution in [2.75, 3.05) is 26.0 Å². The number of nitrogen functional groups attached to an aromatic ring is 1. The largest absolute Gasteiger partial charge is 0.482 e. The molecule has 1 aromatic rings. The molecule has 0 aromatic heterocycles. The van der Waals surface area contributed by atoms with Crippen molar-refractivity contribution in [2.45, 2.75) is 18.9 Å². The number of hydrogen-bond donors (Lipinski definition) is 1. The van der Waals surface area contributed by atoms with E-state index in [1.54, 1.807) is 24.3 Å². The lowest BCUT2D eigenvalue weighted by Gasteiger charge is -2.22. The number of rotatable bonds is 4. The second kappa shape index (κ2) is 6.27. The number of carbonyl (C=O) groups excluding carboxylic acids is 2. The van der Waals surface area contributed by atoms with Crippen LogP contribution in [0.5, 0.6) is 5.75 Å². The lowest BCUT2D eigenvalue weighted by Crippen LogP contribution is -2.43. The molecule has 20 heavy (non-hydrogen) atoms. The summed E-state index contributed by atoms with van der Waals surface area (Å²) in [5.41, 5.74) is 6.21. The van der Waals surface area contributed by atoms with Gasteiger partial charge in [0.15, 0.2) is 6.61 Å². The lowest BCUT2D eigenvalue weighted by atomic mass is 10.2. The first-order chi connectivity index (χ1) is 9.63. The van der Waals surface area contributed by atoms with Crippen LogP contribution >= 0.6 is 0 Å². The number of likely N-dealkylation sites (tertiary alicyclic amines) is 1. The zero-order chi connectivity index (χ0) is 14.5.